The van der Waals surface area contributed by atoms with E-state index in [0.29, 0.717) is 5.88 Å². The first-order valence-electron chi connectivity index (χ1n) is 9.22. The molecule has 1 aliphatic heterocycles. The molecule has 1 aromatic carbocycles. The molecule has 5 rings (SSSR count). The smallest absolute Gasteiger partial charge is 0.217 e. The van der Waals surface area contributed by atoms with Crippen molar-refractivity contribution in [2.24, 2.45) is 0 Å². The van der Waals surface area contributed by atoms with Crippen LogP contribution in [0.15, 0.2) is 48.8 Å². The highest BCUT2D eigenvalue weighted by Crippen LogP contribution is 2.25. The third-order valence-electron chi connectivity index (χ3n) is 4.98. The van der Waals surface area contributed by atoms with Crippen LogP contribution >= 0.6 is 0 Å². The third-order valence-corrected chi connectivity index (χ3v) is 4.98. The van der Waals surface area contributed by atoms with Crippen LogP contribution in [0, 0.1) is 6.92 Å². The Morgan fingerprint density at radius 3 is 2.56 bits per heavy atom. The van der Waals surface area contributed by atoms with Crippen molar-refractivity contribution < 1.29 is 4.74 Å². The maximum atomic E-state index is 6.10. The minimum atomic E-state index is 0.160. The summed E-state index contributed by atoms with van der Waals surface area (Å²) in [4.78, 5) is 16.3. The lowest BCUT2D eigenvalue weighted by Crippen LogP contribution is -2.39. The predicted molar refractivity (Wildman–Crippen MR) is 103 cm³/mol. The molecule has 1 aliphatic rings. The van der Waals surface area contributed by atoms with Crippen LogP contribution in [0.5, 0.6) is 5.88 Å². The number of ether oxygens (including phenoxy) is 1. The monoisotopic (exact) mass is 360 g/mol. The van der Waals surface area contributed by atoms with Gasteiger partial charge in [0.05, 0.1) is 22.9 Å². The molecule has 0 spiro atoms. The number of piperidine rings is 1. The lowest BCUT2D eigenvalue weighted by Gasteiger charge is -2.33. The summed E-state index contributed by atoms with van der Waals surface area (Å²) in [5.74, 6) is 1.63. The van der Waals surface area contributed by atoms with Gasteiger partial charge in [0, 0.05) is 44.3 Å². The van der Waals surface area contributed by atoms with E-state index in [-0.39, 0.29) is 6.10 Å². The summed E-state index contributed by atoms with van der Waals surface area (Å²) in [5, 5.41) is 4.16. The van der Waals surface area contributed by atoms with Gasteiger partial charge in [0.25, 0.3) is 0 Å². The van der Waals surface area contributed by atoms with Gasteiger partial charge in [-0.05, 0) is 19.1 Å². The molecule has 0 amide bonds. The van der Waals surface area contributed by atoms with Gasteiger partial charge >= 0.3 is 0 Å². The lowest BCUT2D eigenvalue weighted by atomic mass is 10.1. The first-order valence-corrected chi connectivity index (χ1v) is 9.22. The van der Waals surface area contributed by atoms with E-state index in [1.54, 1.807) is 10.7 Å². The molecule has 0 saturated carbocycles. The molecule has 0 unspecified atom stereocenters. The molecular weight excluding hydrogens is 340 g/mol. The second kappa shape index (κ2) is 6.50. The topological polar surface area (TPSA) is 68.4 Å². The Morgan fingerprint density at radius 1 is 0.963 bits per heavy atom. The van der Waals surface area contributed by atoms with Gasteiger partial charge in [-0.2, -0.15) is 10.1 Å². The molecule has 1 saturated heterocycles. The number of benzene rings is 1. The van der Waals surface area contributed by atoms with Gasteiger partial charge in [-0.1, -0.05) is 12.1 Å². The number of hydrogen-bond donors (Lipinski definition) is 0. The van der Waals surface area contributed by atoms with Crippen molar-refractivity contribution in [3.63, 3.8) is 0 Å². The fraction of sp³-hybridized carbons (Fsp3) is 0.300. The Balaban J connectivity index is 1.29. The highest BCUT2D eigenvalue weighted by atomic mass is 16.5. The van der Waals surface area contributed by atoms with Gasteiger partial charge < -0.3 is 9.64 Å². The molecule has 0 atom stereocenters. The van der Waals surface area contributed by atoms with Gasteiger partial charge in [0.15, 0.2) is 11.5 Å². The number of para-hydroxylation sites is 2. The van der Waals surface area contributed by atoms with Crippen LogP contribution in [-0.2, 0) is 0 Å². The van der Waals surface area contributed by atoms with Crippen LogP contribution in [0.4, 0.5) is 5.82 Å². The zero-order chi connectivity index (χ0) is 18.2. The molecule has 3 aromatic heterocycles. The van der Waals surface area contributed by atoms with Gasteiger partial charge in [-0.15, -0.1) is 0 Å². The molecule has 4 heterocycles. The zero-order valence-corrected chi connectivity index (χ0v) is 15.1. The van der Waals surface area contributed by atoms with E-state index >= 15 is 0 Å². The summed E-state index contributed by atoms with van der Waals surface area (Å²) in [5.41, 5.74) is 3.65. The molecule has 4 aromatic rings. The van der Waals surface area contributed by atoms with E-state index in [1.807, 2.05) is 49.5 Å². The summed E-state index contributed by atoms with van der Waals surface area (Å²) in [6, 6.07) is 11.7. The fourth-order valence-corrected chi connectivity index (χ4v) is 3.60. The van der Waals surface area contributed by atoms with Crippen LogP contribution in [0.25, 0.3) is 16.7 Å². The number of aryl methyl sites for hydroxylation is 1. The number of hydrogen-bond acceptors (Lipinski definition) is 6. The summed E-state index contributed by atoms with van der Waals surface area (Å²) in [6.45, 7) is 3.82. The van der Waals surface area contributed by atoms with Crippen molar-refractivity contribution >= 4 is 22.5 Å². The molecule has 27 heavy (non-hydrogen) atoms. The van der Waals surface area contributed by atoms with Gasteiger partial charge in [-0.25, -0.2) is 14.5 Å². The minimum Gasteiger partial charge on any atom is -0.474 e. The van der Waals surface area contributed by atoms with Crippen LogP contribution in [0.1, 0.15) is 18.5 Å². The maximum absolute atomic E-state index is 6.10. The molecule has 7 nitrogen and oxygen atoms in total. The summed E-state index contributed by atoms with van der Waals surface area (Å²) in [7, 11) is 0. The highest BCUT2D eigenvalue weighted by Gasteiger charge is 2.23. The van der Waals surface area contributed by atoms with E-state index in [4.69, 9.17) is 14.7 Å². The van der Waals surface area contributed by atoms with Crippen LogP contribution in [0.2, 0.25) is 0 Å². The molecule has 0 aliphatic carbocycles. The number of nitrogens with zero attached hydrogens (tertiary/aromatic N) is 6. The molecule has 7 heteroatoms. The third kappa shape index (κ3) is 3.05. The largest absolute Gasteiger partial charge is 0.474 e. The molecule has 0 bridgehead atoms. The quantitative estimate of drug-likeness (QED) is 0.559. The average Bonchev–Trinajstić information content (AvgIpc) is 3.16. The Labute approximate surface area is 156 Å². The summed E-state index contributed by atoms with van der Waals surface area (Å²) >= 11 is 0. The summed E-state index contributed by atoms with van der Waals surface area (Å²) in [6.07, 6.45) is 5.63. The maximum Gasteiger partial charge on any atom is 0.217 e. The zero-order valence-electron chi connectivity index (χ0n) is 15.1. The molecular formula is C20H20N6O. The first-order chi connectivity index (χ1) is 13.3. The Kier molecular flexibility index (Phi) is 3.85. The van der Waals surface area contributed by atoms with E-state index in [0.717, 1.165) is 54.1 Å². The van der Waals surface area contributed by atoms with Crippen molar-refractivity contribution in [2.45, 2.75) is 25.9 Å². The van der Waals surface area contributed by atoms with Crippen molar-refractivity contribution in [1.29, 1.82) is 0 Å². The Bertz CT molecular complexity index is 1100. The normalized spacial score (nSPS) is 15.5. The van der Waals surface area contributed by atoms with Crippen molar-refractivity contribution in [3.05, 3.63) is 54.5 Å². The van der Waals surface area contributed by atoms with E-state index in [1.165, 1.54) is 0 Å². The minimum absolute atomic E-state index is 0.160. The molecule has 136 valence electrons. The highest BCUT2D eigenvalue weighted by molar-refractivity contribution is 5.76. The van der Waals surface area contributed by atoms with Gasteiger partial charge in [0.1, 0.15) is 6.10 Å². The van der Waals surface area contributed by atoms with E-state index < -0.39 is 0 Å². The van der Waals surface area contributed by atoms with E-state index in [9.17, 15) is 0 Å². The van der Waals surface area contributed by atoms with Crippen molar-refractivity contribution in [3.8, 4) is 5.88 Å². The second-order valence-electron chi connectivity index (χ2n) is 6.83. The molecule has 0 radical (unpaired) electrons. The van der Waals surface area contributed by atoms with Crippen molar-refractivity contribution in [1.82, 2.24) is 24.6 Å². The van der Waals surface area contributed by atoms with Crippen LogP contribution < -0.4 is 9.64 Å². The first kappa shape index (κ1) is 16.0. The van der Waals surface area contributed by atoms with Crippen molar-refractivity contribution in [2.75, 3.05) is 18.0 Å². The number of fused-ring (bicyclic) bond motifs is 2. The molecule has 0 N–H and O–H groups in total. The SMILES string of the molecule is Cc1nc2ccccc2nc1N1CCC(Oc2ccn3nccc3n2)CC1. The number of anilines is 1. The van der Waals surface area contributed by atoms with E-state index in [2.05, 4.69) is 15.0 Å². The lowest BCUT2D eigenvalue weighted by molar-refractivity contribution is 0.164. The Morgan fingerprint density at radius 2 is 1.74 bits per heavy atom. The van der Waals surface area contributed by atoms with Gasteiger partial charge in [0.2, 0.25) is 5.88 Å². The predicted octanol–water partition coefficient (Wildman–Crippen LogP) is 3.03. The standard InChI is InChI=1S/C20H20N6O/c1-14-20(23-17-5-3-2-4-16(17)22-14)25-11-7-15(8-12-25)27-19-9-13-26-18(24-19)6-10-21-26/h2-6,9-10,13,15H,7-8,11-12H2,1H3. The summed E-state index contributed by atoms with van der Waals surface area (Å²) < 4.78 is 7.84. The Hall–Kier alpha value is -3.22. The molecule has 1 fully saturated rings. The van der Waals surface area contributed by atoms with Gasteiger partial charge in [-0.3, -0.25) is 0 Å². The van der Waals surface area contributed by atoms with Crippen LogP contribution in [-0.4, -0.2) is 43.8 Å². The average molecular weight is 360 g/mol. The number of rotatable bonds is 3. The second-order valence-corrected chi connectivity index (χ2v) is 6.83. The van der Waals surface area contributed by atoms with Crippen LogP contribution in [0.3, 0.4) is 0 Å². The fourth-order valence-electron chi connectivity index (χ4n) is 3.60. The number of aromatic nitrogens is 5.